The first kappa shape index (κ1) is 13.1. The summed E-state index contributed by atoms with van der Waals surface area (Å²) in [6, 6.07) is 6.08. The third-order valence-corrected chi connectivity index (χ3v) is 5.28. The van der Waals surface area contributed by atoms with Gasteiger partial charge in [0, 0.05) is 16.4 Å². The largest absolute Gasteiger partial charge is 0.454 e. The normalized spacial score (nSPS) is 18.1. The van der Waals surface area contributed by atoms with Crippen LogP contribution in [0.25, 0.3) is 11.3 Å². The van der Waals surface area contributed by atoms with Gasteiger partial charge in [-0.05, 0) is 51.1 Å². The van der Waals surface area contributed by atoms with Crippen molar-refractivity contribution in [1.82, 2.24) is 10.3 Å². The van der Waals surface area contributed by atoms with Gasteiger partial charge in [0.1, 0.15) is 0 Å². The molecular weight excluding hydrogens is 284 g/mol. The molecule has 2 aromatic rings. The number of fused-ring (bicyclic) bond motifs is 1. The minimum Gasteiger partial charge on any atom is -0.454 e. The lowest BCUT2D eigenvalue weighted by Crippen LogP contribution is -2.26. The minimum absolute atomic E-state index is 0.315. The van der Waals surface area contributed by atoms with Crippen molar-refractivity contribution in [2.75, 3.05) is 19.9 Å². The molecule has 0 aliphatic carbocycles. The van der Waals surface area contributed by atoms with E-state index in [1.165, 1.54) is 22.7 Å². The van der Waals surface area contributed by atoms with Gasteiger partial charge in [0.15, 0.2) is 11.5 Å². The molecule has 3 heterocycles. The second-order valence-corrected chi connectivity index (χ2v) is 6.78. The van der Waals surface area contributed by atoms with Gasteiger partial charge in [-0.1, -0.05) is 0 Å². The first-order valence-electron chi connectivity index (χ1n) is 7.39. The highest BCUT2D eigenvalue weighted by atomic mass is 32.1. The summed E-state index contributed by atoms with van der Waals surface area (Å²) < 4.78 is 10.8. The van der Waals surface area contributed by atoms with Gasteiger partial charge in [-0.2, -0.15) is 0 Å². The molecule has 0 bridgehead atoms. The number of thiazole rings is 1. The third kappa shape index (κ3) is 2.40. The van der Waals surface area contributed by atoms with Gasteiger partial charge in [-0.3, -0.25) is 0 Å². The molecule has 0 amide bonds. The zero-order chi connectivity index (χ0) is 14.2. The Morgan fingerprint density at radius 1 is 1.19 bits per heavy atom. The fourth-order valence-corrected chi connectivity index (χ4v) is 4.09. The molecule has 2 aliphatic heterocycles. The fraction of sp³-hybridized carbons (Fsp3) is 0.438. The van der Waals surface area contributed by atoms with Crippen LogP contribution in [0.5, 0.6) is 11.5 Å². The van der Waals surface area contributed by atoms with E-state index in [1.54, 1.807) is 0 Å². The molecule has 5 heteroatoms. The first-order chi connectivity index (χ1) is 10.3. The molecule has 0 unspecified atom stereocenters. The van der Waals surface area contributed by atoms with Crippen molar-refractivity contribution in [3.8, 4) is 22.8 Å². The predicted molar refractivity (Wildman–Crippen MR) is 83.3 cm³/mol. The topological polar surface area (TPSA) is 43.4 Å². The number of nitrogens with zero attached hydrogens (tertiary/aromatic N) is 1. The van der Waals surface area contributed by atoms with Crippen molar-refractivity contribution in [3.63, 3.8) is 0 Å². The van der Waals surface area contributed by atoms with Crippen LogP contribution in [0.15, 0.2) is 18.2 Å². The van der Waals surface area contributed by atoms with Crippen LogP contribution >= 0.6 is 11.3 Å². The van der Waals surface area contributed by atoms with E-state index >= 15 is 0 Å². The van der Waals surface area contributed by atoms with Gasteiger partial charge in [0.2, 0.25) is 6.79 Å². The van der Waals surface area contributed by atoms with Gasteiger partial charge in [-0.25, -0.2) is 4.98 Å². The Morgan fingerprint density at radius 3 is 2.86 bits per heavy atom. The number of aryl methyl sites for hydroxylation is 1. The van der Waals surface area contributed by atoms with Crippen molar-refractivity contribution in [1.29, 1.82) is 0 Å². The molecule has 110 valence electrons. The van der Waals surface area contributed by atoms with Gasteiger partial charge < -0.3 is 14.8 Å². The molecule has 4 rings (SSSR count). The summed E-state index contributed by atoms with van der Waals surface area (Å²) in [6.07, 6.45) is 2.38. The van der Waals surface area contributed by atoms with Crippen molar-refractivity contribution in [2.24, 2.45) is 0 Å². The molecule has 1 aromatic heterocycles. The Hall–Kier alpha value is -1.59. The molecule has 0 atom stereocenters. The average molecular weight is 302 g/mol. The van der Waals surface area contributed by atoms with E-state index in [0.29, 0.717) is 12.7 Å². The molecule has 1 N–H and O–H groups in total. The Balaban J connectivity index is 1.67. The standard InChI is InChI=1S/C16H18N2O2S/c1-10-15(12-2-3-13-14(8-12)20-9-19-13)18-16(21-10)11-4-6-17-7-5-11/h2-3,8,11,17H,4-7,9H2,1H3. The highest BCUT2D eigenvalue weighted by Crippen LogP contribution is 2.39. The summed E-state index contributed by atoms with van der Waals surface area (Å²) in [5.74, 6) is 2.26. The molecule has 4 nitrogen and oxygen atoms in total. The minimum atomic E-state index is 0.315. The van der Waals surface area contributed by atoms with Crippen LogP contribution in [-0.2, 0) is 0 Å². The smallest absolute Gasteiger partial charge is 0.231 e. The van der Waals surface area contributed by atoms with E-state index in [0.717, 1.165) is 35.8 Å². The molecule has 2 aliphatic rings. The van der Waals surface area contributed by atoms with Gasteiger partial charge >= 0.3 is 0 Å². The summed E-state index contributed by atoms with van der Waals surface area (Å²) in [7, 11) is 0. The number of benzene rings is 1. The number of rotatable bonds is 2. The maximum atomic E-state index is 5.47. The highest BCUT2D eigenvalue weighted by Gasteiger charge is 2.21. The molecule has 21 heavy (non-hydrogen) atoms. The van der Waals surface area contributed by atoms with Crippen LogP contribution in [0.4, 0.5) is 0 Å². The van der Waals surface area contributed by atoms with Crippen molar-refractivity contribution < 1.29 is 9.47 Å². The summed E-state index contributed by atoms with van der Waals surface area (Å²) in [5.41, 5.74) is 2.21. The van der Waals surface area contributed by atoms with Crippen LogP contribution < -0.4 is 14.8 Å². The van der Waals surface area contributed by atoms with Crippen molar-refractivity contribution in [3.05, 3.63) is 28.1 Å². The number of hydrogen-bond acceptors (Lipinski definition) is 5. The maximum Gasteiger partial charge on any atom is 0.231 e. The summed E-state index contributed by atoms with van der Waals surface area (Å²) in [6.45, 7) is 4.67. The summed E-state index contributed by atoms with van der Waals surface area (Å²) >= 11 is 1.84. The van der Waals surface area contributed by atoms with Gasteiger partial charge in [0.25, 0.3) is 0 Å². The Bertz CT molecular complexity index is 662. The Labute approximate surface area is 128 Å². The number of hydrogen-bond donors (Lipinski definition) is 1. The molecule has 0 radical (unpaired) electrons. The lowest BCUT2D eigenvalue weighted by atomic mass is 9.99. The van der Waals surface area contributed by atoms with Crippen molar-refractivity contribution in [2.45, 2.75) is 25.7 Å². The van der Waals surface area contributed by atoms with E-state index in [-0.39, 0.29) is 0 Å². The van der Waals surface area contributed by atoms with Gasteiger partial charge in [-0.15, -0.1) is 11.3 Å². The van der Waals surface area contributed by atoms with E-state index in [4.69, 9.17) is 14.5 Å². The fourth-order valence-electron chi connectivity index (χ4n) is 2.97. The molecule has 1 fully saturated rings. The lowest BCUT2D eigenvalue weighted by Gasteiger charge is -2.20. The Kier molecular flexibility index (Phi) is 3.31. The highest BCUT2D eigenvalue weighted by molar-refractivity contribution is 7.12. The lowest BCUT2D eigenvalue weighted by molar-refractivity contribution is 0.174. The van der Waals surface area contributed by atoms with Crippen LogP contribution in [0, 0.1) is 6.92 Å². The number of ether oxygens (including phenoxy) is 2. The monoisotopic (exact) mass is 302 g/mol. The summed E-state index contributed by atoms with van der Waals surface area (Å²) in [4.78, 5) is 6.20. The molecule has 0 spiro atoms. The maximum absolute atomic E-state index is 5.47. The molecule has 1 saturated heterocycles. The van der Waals surface area contributed by atoms with E-state index in [2.05, 4.69) is 18.3 Å². The molecule has 0 saturated carbocycles. The Morgan fingerprint density at radius 2 is 2.00 bits per heavy atom. The van der Waals surface area contributed by atoms with E-state index < -0.39 is 0 Å². The van der Waals surface area contributed by atoms with Crippen LogP contribution in [-0.4, -0.2) is 24.9 Å². The van der Waals surface area contributed by atoms with Crippen LogP contribution in [0.3, 0.4) is 0 Å². The zero-order valence-corrected chi connectivity index (χ0v) is 12.8. The quantitative estimate of drug-likeness (QED) is 0.924. The molecule has 1 aromatic carbocycles. The molecular formula is C16H18N2O2S. The number of piperidine rings is 1. The third-order valence-electron chi connectivity index (χ3n) is 4.15. The SMILES string of the molecule is Cc1sc(C2CCNCC2)nc1-c1ccc2c(c1)OCO2. The summed E-state index contributed by atoms with van der Waals surface area (Å²) in [5, 5.41) is 4.69. The average Bonchev–Trinajstić information content (AvgIpc) is 3.13. The van der Waals surface area contributed by atoms with Crippen LogP contribution in [0.1, 0.15) is 28.6 Å². The zero-order valence-electron chi connectivity index (χ0n) is 12.0. The number of aromatic nitrogens is 1. The van der Waals surface area contributed by atoms with Crippen molar-refractivity contribution >= 4 is 11.3 Å². The van der Waals surface area contributed by atoms with E-state index in [1.807, 2.05) is 23.5 Å². The van der Waals surface area contributed by atoms with Crippen LogP contribution in [0.2, 0.25) is 0 Å². The second kappa shape index (κ2) is 5.31. The number of nitrogens with one attached hydrogen (secondary N) is 1. The predicted octanol–water partition coefficient (Wildman–Crippen LogP) is 3.31. The second-order valence-electron chi connectivity index (χ2n) is 5.55. The first-order valence-corrected chi connectivity index (χ1v) is 8.21. The van der Waals surface area contributed by atoms with Gasteiger partial charge in [0.05, 0.1) is 10.7 Å². The van der Waals surface area contributed by atoms with E-state index in [9.17, 15) is 0 Å².